The predicted octanol–water partition coefficient (Wildman–Crippen LogP) is 5.18. The Morgan fingerprint density at radius 2 is 1.81 bits per heavy atom. The molecule has 1 N–H and O–H groups in total. The molecule has 112 valence electrons. The van der Waals surface area contributed by atoms with Gasteiger partial charge in [0.2, 0.25) is 0 Å². The average Bonchev–Trinajstić information content (AvgIpc) is 2.40. The molecule has 0 saturated carbocycles. The molecule has 1 aromatic heterocycles. The van der Waals surface area contributed by atoms with E-state index < -0.39 is 0 Å². The molecule has 0 aliphatic carbocycles. The number of anilines is 1. The number of hydrogen-bond donors (Lipinski definition) is 1. The van der Waals surface area contributed by atoms with Crippen LogP contribution in [-0.4, -0.2) is 16.5 Å². The van der Waals surface area contributed by atoms with Crippen molar-refractivity contribution in [2.45, 2.75) is 33.1 Å². The van der Waals surface area contributed by atoms with E-state index in [-0.39, 0.29) is 5.41 Å². The Morgan fingerprint density at radius 1 is 1.10 bits per heavy atom. The Balaban J connectivity index is 2.62. The molecule has 21 heavy (non-hydrogen) atoms. The molecule has 0 aliphatic rings. The monoisotopic (exact) mass is 323 g/mol. The average molecular weight is 324 g/mol. The molecule has 5 heteroatoms. The predicted molar refractivity (Wildman–Crippen MR) is 90.4 cm³/mol. The van der Waals surface area contributed by atoms with Crippen molar-refractivity contribution in [3.8, 4) is 11.4 Å². The van der Waals surface area contributed by atoms with E-state index in [0.717, 1.165) is 23.6 Å². The first-order valence-corrected chi connectivity index (χ1v) is 7.65. The molecule has 0 saturated heterocycles. The topological polar surface area (TPSA) is 37.8 Å². The molecule has 3 nitrogen and oxygen atoms in total. The van der Waals surface area contributed by atoms with Gasteiger partial charge in [-0.15, -0.1) is 0 Å². The molecule has 1 aromatic carbocycles. The molecule has 0 unspecified atom stereocenters. The van der Waals surface area contributed by atoms with Gasteiger partial charge >= 0.3 is 0 Å². The number of nitrogens with one attached hydrogen (secondary N) is 1. The zero-order valence-electron chi connectivity index (χ0n) is 12.7. The van der Waals surface area contributed by atoms with Crippen LogP contribution in [0.5, 0.6) is 0 Å². The van der Waals surface area contributed by atoms with E-state index >= 15 is 0 Å². The molecule has 0 aliphatic heterocycles. The van der Waals surface area contributed by atoms with E-state index in [9.17, 15) is 0 Å². The lowest BCUT2D eigenvalue weighted by molar-refractivity contribution is 0.568. The Labute approximate surface area is 135 Å². The van der Waals surface area contributed by atoms with E-state index in [0.29, 0.717) is 15.9 Å². The Morgan fingerprint density at radius 3 is 2.43 bits per heavy atom. The van der Waals surface area contributed by atoms with Gasteiger partial charge < -0.3 is 5.32 Å². The molecule has 1 heterocycles. The van der Waals surface area contributed by atoms with Gasteiger partial charge in [-0.05, 0) is 25.1 Å². The summed E-state index contributed by atoms with van der Waals surface area (Å²) in [6.07, 6.45) is 0. The van der Waals surface area contributed by atoms with E-state index in [1.54, 1.807) is 18.2 Å². The van der Waals surface area contributed by atoms with Gasteiger partial charge in [-0.25, -0.2) is 9.97 Å². The van der Waals surface area contributed by atoms with Crippen LogP contribution < -0.4 is 5.32 Å². The lowest BCUT2D eigenvalue weighted by Crippen LogP contribution is -2.16. The van der Waals surface area contributed by atoms with Crippen molar-refractivity contribution in [2.75, 3.05) is 11.9 Å². The molecule has 2 aromatic rings. The summed E-state index contributed by atoms with van der Waals surface area (Å²) in [4.78, 5) is 9.21. The van der Waals surface area contributed by atoms with Crippen molar-refractivity contribution in [1.82, 2.24) is 9.97 Å². The Hall–Kier alpha value is -1.32. The summed E-state index contributed by atoms with van der Waals surface area (Å²) in [5, 5.41) is 4.44. The van der Waals surface area contributed by atoms with Crippen molar-refractivity contribution in [3.63, 3.8) is 0 Å². The summed E-state index contributed by atoms with van der Waals surface area (Å²) >= 11 is 12.3. The number of rotatable bonds is 3. The molecule has 0 bridgehead atoms. The van der Waals surface area contributed by atoms with Gasteiger partial charge in [0.15, 0.2) is 5.82 Å². The van der Waals surface area contributed by atoms with Crippen LogP contribution in [0.4, 0.5) is 5.82 Å². The van der Waals surface area contributed by atoms with Crippen LogP contribution in [0, 0.1) is 0 Å². The molecule has 0 radical (unpaired) electrons. The maximum absolute atomic E-state index is 6.27. The molecule has 0 atom stereocenters. The summed E-state index contributed by atoms with van der Waals surface area (Å²) in [6.45, 7) is 9.19. The van der Waals surface area contributed by atoms with Crippen molar-refractivity contribution < 1.29 is 0 Å². The second-order valence-corrected chi connectivity index (χ2v) is 6.71. The van der Waals surface area contributed by atoms with Crippen molar-refractivity contribution >= 4 is 29.0 Å². The van der Waals surface area contributed by atoms with Crippen LogP contribution in [-0.2, 0) is 5.41 Å². The summed E-state index contributed by atoms with van der Waals surface area (Å²) in [7, 11) is 0. The summed E-state index contributed by atoms with van der Waals surface area (Å²) in [6, 6.07) is 7.29. The number of hydrogen-bond acceptors (Lipinski definition) is 3. The second kappa shape index (κ2) is 6.20. The zero-order chi connectivity index (χ0) is 15.6. The summed E-state index contributed by atoms with van der Waals surface area (Å²) < 4.78 is 0. The first kappa shape index (κ1) is 16.1. The van der Waals surface area contributed by atoms with Gasteiger partial charge in [0.1, 0.15) is 5.82 Å². The third kappa shape index (κ3) is 3.86. The Bertz CT molecular complexity index is 648. The van der Waals surface area contributed by atoms with Crippen LogP contribution in [0.2, 0.25) is 10.0 Å². The fraction of sp³-hybridized carbons (Fsp3) is 0.375. The molecule has 2 rings (SSSR count). The largest absolute Gasteiger partial charge is 0.370 e. The summed E-state index contributed by atoms with van der Waals surface area (Å²) in [5.41, 5.74) is 1.63. The normalized spacial score (nSPS) is 11.5. The van der Waals surface area contributed by atoms with Crippen LogP contribution >= 0.6 is 23.2 Å². The Kier molecular flexibility index (Phi) is 4.74. The van der Waals surface area contributed by atoms with E-state index in [1.807, 2.05) is 13.0 Å². The third-order valence-electron chi connectivity index (χ3n) is 3.02. The third-order valence-corrected chi connectivity index (χ3v) is 3.59. The fourth-order valence-corrected chi connectivity index (χ4v) is 2.27. The molecule has 0 amide bonds. The maximum Gasteiger partial charge on any atom is 0.163 e. The van der Waals surface area contributed by atoms with Gasteiger partial charge in [-0.1, -0.05) is 44.0 Å². The minimum absolute atomic E-state index is 0.0765. The van der Waals surface area contributed by atoms with Gasteiger partial charge in [0, 0.05) is 28.6 Å². The summed E-state index contributed by atoms with van der Waals surface area (Å²) in [5.74, 6) is 1.38. The molecular weight excluding hydrogens is 305 g/mol. The highest BCUT2D eigenvalue weighted by Crippen LogP contribution is 2.31. The smallest absolute Gasteiger partial charge is 0.163 e. The van der Waals surface area contributed by atoms with Crippen LogP contribution in [0.3, 0.4) is 0 Å². The van der Waals surface area contributed by atoms with E-state index in [4.69, 9.17) is 23.2 Å². The van der Waals surface area contributed by atoms with E-state index in [2.05, 4.69) is 36.1 Å². The van der Waals surface area contributed by atoms with Crippen LogP contribution in [0.15, 0.2) is 24.3 Å². The first-order chi connectivity index (χ1) is 9.81. The number of halogens is 2. The SMILES string of the molecule is CCNc1cc(C(C)(C)C)nc(-c2cc(Cl)ccc2Cl)n1. The van der Waals surface area contributed by atoms with Gasteiger partial charge in [-0.2, -0.15) is 0 Å². The number of benzene rings is 1. The highest BCUT2D eigenvalue weighted by Gasteiger charge is 2.19. The van der Waals surface area contributed by atoms with Crippen LogP contribution in [0.25, 0.3) is 11.4 Å². The molecule has 0 spiro atoms. The standard InChI is InChI=1S/C16H19Cl2N3/c1-5-19-14-9-13(16(2,3)4)20-15(21-14)11-8-10(17)6-7-12(11)18/h6-9H,5H2,1-4H3,(H,19,20,21). The second-order valence-electron chi connectivity index (χ2n) is 5.87. The van der Waals surface area contributed by atoms with Gasteiger partial charge in [0.05, 0.1) is 10.7 Å². The highest BCUT2D eigenvalue weighted by atomic mass is 35.5. The minimum atomic E-state index is -0.0765. The van der Waals surface area contributed by atoms with Crippen molar-refractivity contribution in [2.24, 2.45) is 0 Å². The number of nitrogens with zero attached hydrogens (tertiary/aromatic N) is 2. The van der Waals surface area contributed by atoms with Crippen molar-refractivity contribution in [1.29, 1.82) is 0 Å². The lowest BCUT2D eigenvalue weighted by atomic mass is 9.91. The first-order valence-electron chi connectivity index (χ1n) is 6.90. The van der Waals surface area contributed by atoms with E-state index in [1.165, 1.54) is 0 Å². The lowest BCUT2D eigenvalue weighted by Gasteiger charge is -2.20. The quantitative estimate of drug-likeness (QED) is 0.845. The zero-order valence-corrected chi connectivity index (χ0v) is 14.2. The maximum atomic E-state index is 6.27. The van der Waals surface area contributed by atoms with Gasteiger partial charge in [-0.3, -0.25) is 0 Å². The highest BCUT2D eigenvalue weighted by molar-refractivity contribution is 6.35. The van der Waals surface area contributed by atoms with Gasteiger partial charge in [0.25, 0.3) is 0 Å². The fourth-order valence-electron chi connectivity index (χ4n) is 1.89. The molecule has 0 fully saturated rings. The minimum Gasteiger partial charge on any atom is -0.370 e. The molecular formula is C16H19Cl2N3. The number of aromatic nitrogens is 2. The van der Waals surface area contributed by atoms with Crippen molar-refractivity contribution in [3.05, 3.63) is 40.0 Å². The van der Waals surface area contributed by atoms with Crippen LogP contribution in [0.1, 0.15) is 33.4 Å².